The molecule has 6 heteroatoms. The summed E-state index contributed by atoms with van der Waals surface area (Å²) in [5.74, 6) is 0.840. The van der Waals surface area contributed by atoms with Crippen LogP contribution in [0.4, 0.5) is 5.69 Å². The van der Waals surface area contributed by atoms with Gasteiger partial charge in [-0.2, -0.15) is 0 Å². The van der Waals surface area contributed by atoms with Crippen molar-refractivity contribution in [3.8, 4) is 5.75 Å². The molecule has 3 rings (SSSR count). The Labute approximate surface area is 166 Å². The highest BCUT2D eigenvalue weighted by atomic mass is 16.5. The van der Waals surface area contributed by atoms with Gasteiger partial charge in [0.15, 0.2) is 0 Å². The molecule has 0 aromatic heterocycles. The van der Waals surface area contributed by atoms with Crippen molar-refractivity contribution in [1.82, 2.24) is 9.80 Å². The van der Waals surface area contributed by atoms with Gasteiger partial charge in [0.2, 0.25) is 11.8 Å². The van der Waals surface area contributed by atoms with Gasteiger partial charge in [0.25, 0.3) is 0 Å². The highest BCUT2D eigenvalue weighted by Gasteiger charge is 2.22. The molecule has 6 nitrogen and oxygen atoms in total. The van der Waals surface area contributed by atoms with E-state index in [1.54, 1.807) is 7.11 Å². The minimum atomic E-state index is -0.0278. The number of amides is 2. The average Bonchev–Trinajstić information content (AvgIpc) is 2.70. The Morgan fingerprint density at radius 1 is 1.04 bits per heavy atom. The summed E-state index contributed by atoms with van der Waals surface area (Å²) in [5, 5.41) is 2.92. The third-order valence-electron chi connectivity index (χ3n) is 4.92. The standard InChI is InChI=1S/C22H27N3O3/c1-17-6-8-19(9-7-17)23-21(26)16-24-10-12-25(13-11-24)22(27)15-18-4-3-5-20(14-18)28-2/h3-9,14H,10-13,15-16H2,1-2H3,(H,23,26). The molecule has 0 unspecified atom stereocenters. The van der Waals surface area contributed by atoms with Gasteiger partial charge in [0, 0.05) is 31.9 Å². The summed E-state index contributed by atoms with van der Waals surface area (Å²) >= 11 is 0. The van der Waals surface area contributed by atoms with Gasteiger partial charge in [-0.3, -0.25) is 14.5 Å². The molecular formula is C22H27N3O3. The number of aryl methyl sites for hydroxylation is 1. The lowest BCUT2D eigenvalue weighted by atomic mass is 10.1. The third-order valence-corrected chi connectivity index (χ3v) is 4.92. The van der Waals surface area contributed by atoms with Crippen LogP contribution in [0.3, 0.4) is 0 Å². The van der Waals surface area contributed by atoms with Crippen LogP contribution >= 0.6 is 0 Å². The molecule has 1 aliphatic rings. The Balaban J connectivity index is 1.43. The van der Waals surface area contributed by atoms with Crippen molar-refractivity contribution in [3.63, 3.8) is 0 Å². The largest absolute Gasteiger partial charge is 0.497 e. The fourth-order valence-corrected chi connectivity index (χ4v) is 3.26. The van der Waals surface area contributed by atoms with E-state index < -0.39 is 0 Å². The van der Waals surface area contributed by atoms with E-state index in [1.807, 2.05) is 60.4 Å². The van der Waals surface area contributed by atoms with Crippen molar-refractivity contribution in [2.45, 2.75) is 13.3 Å². The molecule has 28 heavy (non-hydrogen) atoms. The molecule has 2 aromatic carbocycles. The highest BCUT2D eigenvalue weighted by molar-refractivity contribution is 5.92. The second-order valence-corrected chi connectivity index (χ2v) is 7.10. The van der Waals surface area contributed by atoms with Crippen LogP contribution in [-0.2, 0) is 16.0 Å². The van der Waals surface area contributed by atoms with Gasteiger partial charge >= 0.3 is 0 Å². The maximum atomic E-state index is 12.6. The lowest BCUT2D eigenvalue weighted by molar-refractivity contribution is -0.132. The maximum Gasteiger partial charge on any atom is 0.238 e. The second-order valence-electron chi connectivity index (χ2n) is 7.10. The van der Waals surface area contributed by atoms with Crippen LogP contribution in [0.15, 0.2) is 48.5 Å². The molecule has 1 heterocycles. The quantitative estimate of drug-likeness (QED) is 0.834. The Morgan fingerprint density at radius 3 is 2.43 bits per heavy atom. The molecule has 0 spiro atoms. The van der Waals surface area contributed by atoms with Crippen molar-refractivity contribution < 1.29 is 14.3 Å². The number of carbonyl (C=O) groups excluding carboxylic acids is 2. The van der Waals surface area contributed by atoms with Crippen LogP contribution < -0.4 is 10.1 Å². The van der Waals surface area contributed by atoms with E-state index >= 15 is 0 Å². The number of rotatable bonds is 6. The summed E-state index contributed by atoms with van der Waals surface area (Å²) in [5.41, 5.74) is 2.92. The molecular weight excluding hydrogens is 354 g/mol. The number of carbonyl (C=O) groups is 2. The van der Waals surface area contributed by atoms with E-state index in [2.05, 4.69) is 10.2 Å². The third kappa shape index (κ3) is 5.57. The van der Waals surface area contributed by atoms with Crippen LogP contribution in [0.5, 0.6) is 5.75 Å². The molecule has 1 aliphatic heterocycles. The fraction of sp³-hybridized carbons (Fsp3) is 0.364. The van der Waals surface area contributed by atoms with Crippen LogP contribution in [-0.4, -0.2) is 61.4 Å². The van der Waals surface area contributed by atoms with Gasteiger partial charge in [-0.25, -0.2) is 0 Å². The van der Waals surface area contributed by atoms with Crippen LogP contribution in [0.1, 0.15) is 11.1 Å². The average molecular weight is 381 g/mol. The molecule has 2 aromatic rings. The maximum absolute atomic E-state index is 12.6. The molecule has 0 bridgehead atoms. The molecule has 2 amide bonds. The predicted molar refractivity (Wildman–Crippen MR) is 110 cm³/mol. The summed E-state index contributed by atoms with van der Waals surface area (Å²) < 4.78 is 5.21. The van der Waals surface area contributed by atoms with Crippen molar-refractivity contribution in [1.29, 1.82) is 0 Å². The molecule has 148 valence electrons. The topological polar surface area (TPSA) is 61.9 Å². The van der Waals surface area contributed by atoms with Crippen LogP contribution in [0.25, 0.3) is 0 Å². The first-order valence-electron chi connectivity index (χ1n) is 9.53. The van der Waals surface area contributed by atoms with Crippen molar-refractivity contribution in [3.05, 3.63) is 59.7 Å². The van der Waals surface area contributed by atoms with Gasteiger partial charge in [0.1, 0.15) is 5.75 Å². The molecule has 1 fully saturated rings. The normalized spacial score (nSPS) is 14.6. The number of ether oxygens (including phenoxy) is 1. The Hall–Kier alpha value is -2.86. The summed E-state index contributed by atoms with van der Waals surface area (Å²) in [6.07, 6.45) is 0.366. The Bertz CT molecular complexity index is 812. The SMILES string of the molecule is COc1cccc(CC(=O)N2CCN(CC(=O)Nc3ccc(C)cc3)CC2)c1. The number of nitrogens with one attached hydrogen (secondary N) is 1. The predicted octanol–water partition coefficient (Wildman–Crippen LogP) is 2.33. The smallest absolute Gasteiger partial charge is 0.238 e. The van der Waals surface area contributed by atoms with E-state index in [-0.39, 0.29) is 11.8 Å². The first kappa shape index (κ1) is 19.9. The number of anilines is 1. The number of nitrogens with zero attached hydrogens (tertiary/aromatic N) is 2. The van der Waals surface area contributed by atoms with Crippen LogP contribution in [0, 0.1) is 6.92 Å². The first-order valence-corrected chi connectivity index (χ1v) is 9.53. The molecule has 0 saturated carbocycles. The van der Waals surface area contributed by atoms with E-state index in [0.717, 1.165) is 22.6 Å². The van der Waals surface area contributed by atoms with Crippen molar-refractivity contribution in [2.75, 3.05) is 45.2 Å². The zero-order chi connectivity index (χ0) is 19.9. The molecule has 0 radical (unpaired) electrons. The van der Waals surface area contributed by atoms with Crippen LogP contribution in [0.2, 0.25) is 0 Å². The molecule has 0 aliphatic carbocycles. The zero-order valence-corrected chi connectivity index (χ0v) is 16.5. The summed E-state index contributed by atoms with van der Waals surface area (Å²) in [6.45, 7) is 5.03. The summed E-state index contributed by atoms with van der Waals surface area (Å²) in [4.78, 5) is 28.7. The minimum Gasteiger partial charge on any atom is -0.497 e. The monoisotopic (exact) mass is 381 g/mol. The zero-order valence-electron chi connectivity index (χ0n) is 16.5. The number of hydrogen-bond acceptors (Lipinski definition) is 4. The van der Waals surface area contributed by atoms with Crippen molar-refractivity contribution in [2.24, 2.45) is 0 Å². The minimum absolute atomic E-state index is 0.0278. The van der Waals surface area contributed by atoms with Gasteiger partial charge in [-0.15, -0.1) is 0 Å². The lowest BCUT2D eigenvalue weighted by Gasteiger charge is -2.34. The lowest BCUT2D eigenvalue weighted by Crippen LogP contribution is -2.50. The number of hydrogen-bond donors (Lipinski definition) is 1. The fourth-order valence-electron chi connectivity index (χ4n) is 3.26. The van der Waals surface area contributed by atoms with E-state index in [0.29, 0.717) is 39.1 Å². The van der Waals surface area contributed by atoms with E-state index in [4.69, 9.17) is 4.74 Å². The van der Waals surface area contributed by atoms with E-state index in [1.165, 1.54) is 0 Å². The summed E-state index contributed by atoms with van der Waals surface area (Å²) in [7, 11) is 1.62. The van der Waals surface area contributed by atoms with Crippen molar-refractivity contribution >= 4 is 17.5 Å². The van der Waals surface area contributed by atoms with Gasteiger partial charge in [0.05, 0.1) is 20.1 Å². The molecule has 1 saturated heterocycles. The highest BCUT2D eigenvalue weighted by Crippen LogP contribution is 2.14. The second kappa shape index (κ2) is 9.37. The number of benzene rings is 2. The number of methoxy groups -OCH3 is 1. The van der Waals surface area contributed by atoms with E-state index in [9.17, 15) is 9.59 Å². The van der Waals surface area contributed by atoms with Gasteiger partial charge in [-0.05, 0) is 36.8 Å². The Kier molecular flexibility index (Phi) is 6.66. The molecule has 1 N–H and O–H groups in total. The number of piperazine rings is 1. The molecule has 0 atom stereocenters. The summed E-state index contributed by atoms with van der Waals surface area (Å²) in [6, 6.07) is 15.4. The first-order chi connectivity index (χ1) is 13.5. The van der Waals surface area contributed by atoms with Gasteiger partial charge < -0.3 is 15.0 Å². The Morgan fingerprint density at radius 2 is 1.75 bits per heavy atom. The van der Waals surface area contributed by atoms with Gasteiger partial charge in [-0.1, -0.05) is 29.8 Å².